The van der Waals surface area contributed by atoms with Gasteiger partial charge in [0.25, 0.3) is 0 Å². The summed E-state index contributed by atoms with van der Waals surface area (Å²) in [5.41, 5.74) is 1.67. The number of nitrogens with one attached hydrogen (secondary N) is 1. The number of hydrogen-bond donors (Lipinski definition) is 1. The van der Waals surface area contributed by atoms with Crippen molar-refractivity contribution >= 4 is 22.7 Å². The van der Waals surface area contributed by atoms with Crippen LogP contribution in [0.1, 0.15) is 31.0 Å². The number of rotatable bonds is 6. The Kier molecular flexibility index (Phi) is 6.29. The molecule has 0 spiro atoms. The molecule has 3 aromatic rings. The van der Waals surface area contributed by atoms with E-state index in [-0.39, 0.29) is 18.5 Å². The van der Waals surface area contributed by atoms with Crippen LogP contribution in [0, 0.1) is 5.82 Å². The van der Waals surface area contributed by atoms with Crippen molar-refractivity contribution in [2.24, 2.45) is 0 Å². The second kappa shape index (κ2) is 8.87. The molecule has 1 aromatic heterocycles. The molecule has 0 bridgehead atoms. The predicted molar refractivity (Wildman–Crippen MR) is 109 cm³/mol. The highest BCUT2D eigenvalue weighted by Gasteiger charge is 2.17. The lowest BCUT2D eigenvalue weighted by Gasteiger charge is -2.25. The SMILES string of the molecule is CCOC(=O)Nc1ccc2c(CN(C)C(C)c3ccccc3F)cc(=O)oc2c1. The van der Waals surface area contributed by atoms with Crippen LogP contribution >= 0.6 is 0 Å². The van der Waals surface area contributed by atoms with Crippen molar-refractivity contribution < 1.29 is 18.3 Å². The number of carbonyl (C=O) groups excluding carboxylic acids is 1. The van der Waals surface area contributed by atoms with E-state index in [1.165, 1.54) is 12.1 Å². The molecule has 7 heteroatoms. The van der Waals surface area contributed by atoms with Gasteiger partial charge in [0.05, 0.1) is 6.61 Å². The van der Waals surface area contributed by atoms with Gasteiger partial charge in [-0.3, -0.25) is 10.2 Å². The lowest BCUT2D eigenvalue weighted by atomic mass is 10.0. The van der Waals surface area contributed by atoms with E-state index in [0.717, 1.165) is 10.9 Å². The van der Waals surface area contributed by atoms with E-state index in [1.807, 2.05) is 18.9 Å². The number of benzene rings is 2. The zero-order valence-electron chi connectivity index (χ0n) is 16.6. The van der Waals surface area contributed by atoms with Gasteiger partial charge in [-0.15, -0.1) is 0 Å². The Balaban J connectivity index is 1.88. The van der Waals surface area contributed by atoms with Crippen molar-refractivity contribution in [3.05, 3.63) is 75.9 Å². The van der Waals surface area contributed by atoms with Gasteiger partial charge in [0.1, 0.15) is 11.4 Å². The minimum absolute atomic E-state index is 0.191. The maximum atomic E-state index is 14.1. The highest BCUT2D eigenvalue weighted by molar-refractivity contribution is 5.89. The van der Waals surface area contributed by atoms with E-state index in [9.17, 15) is 14.0 Å². The van der Waals surface area contributed by atoms with Crippen LogP contribution in [0.25, 0.3) is 11.0 Å². The van der Waals surface area contributed by atoms with Gasteiger partial charge in [0.2, 0.25) is 0 Å². The molecule has 0 aliphatic carbocycles. The maximum Gasteiger partial charge on any atom is 0.411 e. The molecule has 3 rings (SSSR count). The second-order valence-electron chi connectivity index (χ2n) is 6.76. The normalized spacial score (nSPS) is 12.2. The number of ether oxygens (including phenoxy) is 1. The summed E-state index contributed by atoms with van der Waals surface area (Å²) in [6.07, 6.45) is -0.580. The number of anilines is 1. The maximum absolute atomic E-state index is 14.1. The van der Waals surface area contributed by atoms with Crippen LogP contribution in [-0.4, -0.2) is 24.6 Å². The number of carbonyl (C=O) groups is 1. The molecule has 1 amide bonds. The molecule has 2 aromatic carbocycles. The first-order valence-electron chi connectivity index (χ1n) is 9.34. The number of hydrogen-bond acceptors (Lipinski definition) is 5. The molecule has 152 valence electrons. The number of nitrogens with zero attached hydrogens (tertiary/aromatic N) is 1. The molecule has 1 atom stereocenters. The average Bonchev–Trinajstić information content (AvgIpc) is 2.67. The zero-order chi connectivity index (χ0) is 21.0. The molecular formula is C22H23FN2O4. The van der Waals surface area contributed by atoms with Gasteiger partial charge in [-0.1, -0.05) is 18.2 Å². The first-order valence-corrected chi connectivity index (χ1v) is 9.34. The number of fused-ring (bicyclic) bond motifs is 1. The van der Waals surface area contributed by atoms with Crippen molar-refractivity contribution in [3.63, 3.8) is 0 Å². The Labute approximate surface area is 167 Å². The summed E-state index contributed by atoms with van der Waals surface area (Å²) in [6.45, 7) is 4.30. The quantitative estimate of drug-likeness (QED) is 0.610. The van der Waals surface area contributed by atoms with Gasteiger partial charge in [-0.25, -0.2) is 14.0 Å². The van der Waals surface area contributed by atoms with Crippen molar-refractivity contribution in [1.29, 1.82) is 0 Å². The summed E-state index contributed by atoms with van der Waals surface area (Å²) < 4.78 is 24.3. The molecule has 1 N–H and O–H groups in total. The third-order valence-electron chi connectivity index (χ3n) is 4.79. The van der Waals surface area contributed by atoms with Gasteiger partial charge in [-0.05, 0) is 44.7 Å². The summed E-state index contributed by atoms with van der Waals surface area (Å²) in [4.78, 5) is 25.6. The minimum Gasteiger partial charge on any atom is -0.450 e. The fraction of sp³-hybridized carbons (Fsp3) is 0.273. The number of halogens is 1. The van der Waals surface area contributed by atoms with Gasteiger partial charge >= 0.3 is 11.7 Å². The molecule has 0 fully saturated rings. The van der Waals surface area contributed by atoms with Crippen molar-refractivity contribution in [2.45, 2.75) is 26.4 Å². The standard InChI is InChI=1S/C22H23FN2O4/c1-4-28-22(27)24-16-9-10-18-15(11-21(26)29-20(18)12-16)13-25(3)14(2)17-7-5-6-8-19(17)23/h5-12,14H,4,13H2,1-3H3,(H,24,27). The largest absolute Gasteiger partial charge is 0.450 e. The summed E-state index contributed by atoms with van der Waals surface area (Å²) in [7, 11) is 1.87. The Morgan fingerprint density at radius 1 is 1.24 bits per heavy atom. The van der Waals surface area contributed by atoms with Crippen LogP contribution in [0.5, 0.6) is 0 Å². The van der Waals surface area contributed by atoms with E-state index in [0.29, 0.717) is 23.4 Å². The summed E-state index contributed by atoms with van der Waals surface area (Å²) in [5, 5.41) is 3.33. The van der Waals surface area contributed by atoms with Crippen LogP contribution in [0.15, 0.2) is 57.7 Å². The van der Waals surface area contributed by atoms with Gasteiger partial charge in [0, 0.05) is 41.4 Å². The van der Waals surface area contributed by atoms with Crippen molar-refractivity contribution in [1.82, 2.24) is 4.90 Å². The third kappa shape index (κ3) is 4.81. The van der Waals surface area contributed by atoms with E-state index >= 15 is 0 Å². The fourth-order valence-corrected chi connectivity index (χ4v) is 3.18. The molecular weight excluding hydrogens is 375 g/mol. The van der Waals surface area contributed by atoms with E-state index < -0.39 is 11.7 Å². The Morgan fingerprint density at radius 2 is 2.00 bits per heavy atom. The molecule has 1 unspecified atom stereocenters. The third-order valence-corrected chi connectivity index (χ3v) is 4.79. The van der Waals surface area contributed by atoms with Crippen LogP contribution in [0.3, 0.4) is 0 Å². The molecule has 0 saturated heterocycles. The van der Waals surface area contributed by atoms with Gasteiger partial charge < -0.3 is 9.15 Å². The smallest absolute Gasteiger partial charge is 0.411 e. The average molecular weight is 398 g/mol. The highest BCUT2D eigenvalue weighted by atomic mass is 19.1. The van der Waals surface area contributed by atoms with Crippen LogP contribution < -0.4 is 10.9 Å². The minimum atomic E-state index is -0.580. The van der Waals surface area contributed by atoms with Crippen LogP contribution in [-0.2, 0) is 11.3 Å². The molecule has 0 aliphatic rings. The second-order valence-corrected chi connectivity index (χ2v) is 6.76. The van der Waals surface area contributed by atoms with Crippen molar-refractivity contribution in [2.75, 3.05) is 19.0 Å². The lowest BCUT2D eigenvalue weighted by Crippen LogP contribution is -2.23. The summed E-state index contributed by atoms with van der Waals surface area (Å²) in [6, 6.07) is 13.0. The molecule has 1 heterocycles. The van der Waals surface area contributed by atoms with E-state index in [1.54, 1.807) is 43.3 Å². The van der Waals surface area contributed by atoms with E-state index in [4.69, 9.17) is 9.15 Å². The van der Waals surface area contributed by atoms with Crippen LogP contribution in [0.2, 0.25) is 0 Å². The van der Waals surface area contributed by atoms with Gasteiger partial charge in [-0.2, -0.15) is 0 Å². The summed E-state index contributed by atoms with van der Waals surface area (Å²) in [5.74, 6) is -0.265. The molecule has 0 aliphatic heterocycles. The first kappa shape index (κ1) is 20.5. The molecule has 0 saturated carbocycles. The Morgan fingerprint density at radius 3 is 2.72 bits per heavy atom. The monoisotopic (exact) mass is 398 g/mol. The zero-order valence-corrected chi connectivity index (χ0v) is 16.6. The molecule has 29 heavy (non-hydrogen) atoms. The first-order chi connectivity index (χ1) is 13.9. The Bertz CT molecular complexity index is 1080. The highest BCUT2D eigenvalue weighted by Crippen LogP contribution is 2.26. The predicted octanol–water partition coefficient (Wildman–Crippen LogP) is 4.69. The van der Waals surface area contributed by atoms with Crippen molar-refractivity contribution in [3.8, 4) is 0 Å². The Hall–Kier alpha value is -3.19. The van der Waals surface area contributed by atoms with E-state index in [2.05, 4.69) is 5.32 Å². The molecule has 0 radical (unpaired) electrons. The van der Waals surface area contributed by atoms with Gasteiger partial charge in [0.15, 0.2) is 0 Å². The summed E-state index contributed by atoms with van der Waals surface area (Å²) >= 11 is 0. The topological polar surface area (TPSA) is 71.8 Å². The van der Waals surface area contributed by atoms with Crippen LogP contribution in [0.4, 0.5) is 14.9 Å². The molecule has 6 nitrogen and oxygen atoms in total. The fourth-order valence-electron chi connectivity index (χ4n) is 3.18. The lowest BCUT2D eigenvalue weighted by molar-refractivity contribution is 0.168. The number of amides is 1.